The van der Waals surface area contributed by atoms with Crippen molar-refractivity contribution in [3.05, 3.63) is 58.1 Å². The molecule has 0 bridgehead atoms. The fourth-order valence-electron chi connectivity index (χ4n) is 1.82. The second-order valence-corrected chi connectivity index (χ2v) is 5.57. The maximum absolute atomic E-state index is 6.00. The molecule has 0 radical (unpaired) electrons. The van der Waals surface area contributed by atoms with Gasteiger partial charge in [-0.25, -0.2) is 0 Å². The van der Waals surface area contributed by atoms with Crippen molar-refractivity contribution < 1.29 is 4.74 Å². The van der Waals surface area contributed by atoms with Crippen LogP contribution in [0.5, 0.6) is 5.75 Å². The Hall–Kier alpha value is -1.38. The second kappa shape index (κ2) is 6.87. The highest BCUT2D eigenvalue weighted by atomic mass is 35.5. The van der Waals surface area contributed by atoms with Gasteiger partial charge in [-0.1, -0.05) is 41.4 Å². The quantitative estimate of drug-likeness (QED) is 0.799. The minimum absolute atomic E-state index is 0.154. The molecule has 0 saturated heterocycles. The zero-order valence-corrected chi connectivity index (χ0v) is 13.0. The molecule has 2 rings (SSSR count). The van der Waals surface area contributed by atoms with Crippen LogP contribution in [0.1, 0.15) is 19.4 Å². The standard InChI is InChI=1S/C16H17Cl2NO/c1-11(2)20-16-6-4-3-5-12(16)10-19-13-7-8-14(17)15(18)9-13/h3-9,11,19H,10H2,1-2H3. The number of halogens is 2. The van der Waals surface area contributed by atoms with Gasteiger partial charge in [-0.2, -0.15) is 0 Å². The van der Waals surface area contributed by atoms with Crippen LogP contribution in [0.2, 0.25) is 10.0 Å². The first-order valence-corrected chi connectivity index (χ1v) is 7.25. The number of hydrogen-bond donors (Lipinski definition) is 1. The molecule has 20 heavy (non-hydrogen) atoms. The summed E-state index contributed by atoms with van der Waals surface area (Å²) in [6.07, 6.45) is 0.154. The van der Waals surface area contributed by atoms with Gasteiger partial charge in [0.05, 0.1) is 16.1 Å². The van der Waals surface area contributed by atoms with Gasteiger partial charge in [0.15, 0.2) is 0 Å². The highest BCUT2D eigenvalue weighted by Crippen LogP contribution is 2.26. The molecule has 0 spiro atoms. The van der Waals surface area contributed by atoms with Gasteiger partial charge in [-0.05, 0) is 38.1 Å². The van der Waals surface area contributed by atoms with Crippen LogP contribution in [-0.2, 0) is 6.54 Å². The molecule has 4 heteroatoms. The molecule has 2 nitrogen and oxygen atoms in total. The summed E-state index contributed by atoms with van der Waals surface area (Å²) in [6, 6.07) is 13.5. The number of ether oxygens (including phenoxy) is 1. The summed E-state index contributed by atoms with van der Waals surface area (Å²) in [5, 5.41) is 4.42. The first-order chi connectivity index (χ1) is 9.56. The molecule has 0 heterocycles. The molecule has 0 unspecified atom stereocenters. The summed E-state index contributed by atoms with van der Waals surface area (Å²) in [4.78, 5) is 0. The van der Waals surface area contributed by atoms with Gasteiger partial charge in [-0.3, -0.25) is 0 Å². The summed E-state index contributed by atoms with van der Waals surface area (Å²) in [6.45, 7) is 4.70. The molecule has 0 aliphatic carbocycles. The third-order valence-electron chi connectivity index (χ3n) is 2.74. The van der Waals surface area contributed by atoms with Crippen molar-refractivity contribution in [2.45, 2.75) is 26.5 Å². The van der Waals surface area contributed by atoms with Crippen molar-refractivity contribution >= 4 is 28.9 Å². The Labute approximate surface area is 129 Å². The summed E-state index contributed by atoms with van der Waals surface area (Å²) in [5.41, 5.74) is 2.03. The van der Waals surface area contributed by atoms with E-state index in [0.717, 1.165) is 17.0 Å². The molecule has 0 aliphatic heterocycles. The van der Waals surface area contributed by atoms with Crippen molar-refractivity contribution in [2.24, 2.45) is 0 Å². The van der Waals surface area contributed by atoms with Gasteiger partial charge < -0.3 is 10.1 Å². The summed E-state index contributed by atoms with van der Waals surface area (Å²) >= 11 is 11.9. The Kier molecular flexibility index (Phi) is 5.16. The van der Waals surface area contributed by atoms with Crippen molar-refractivity contribution in [3.8, 4) is 5.75 Å². The number of para-hydroxylation sites is 1. The molecule has 0 amide bonds. The fraction of sp³-hybridized carbons (Fsp3) is 0.250. The predicted octanol–water partition coefficient (Wildman–Crippen LogP) is 5.39. The number of anilines is 1. The molecular formula is C16H17Cl2NO. The van der Waals surface area contributed by atoms with Crippen molar-refractivity contribution in [3.63, 3.8) is 0 Å². The summed E-state index contributed by atoms with van der Waals surface area (Å²) in [7, 11) is 0. The van der Waals surface area contributed by atoms with E-state index in [-0.39, 0.29) is 6.10 Å². The van der Waals surface area contributed by atoms with E-state index < -0.39 is 0 Å². The maximum atomic E-state index is 6.00. The highest BCUT2D eigenvalue weighted by Gasteiger charge is 2.05. The number of hydrogen-bond acceptors (Lipinski definition) is 2. The van der Waals surface area contributed by atoms with Crippen LogP contribution in [-0.4, -0.2) is 6.10 Å². The topological polar surface area (TPSA) is 21.3 Å². The zero-order valence-electron chi connectivity index (χ0n) is 11.5. The highest BCUT2D eigenvalue weighted by molar-refractivity contribution is 6.42. The number of nitrogens with one attached hydrogen (secondary N) is 1. The Morgan fingerprint density at radius 2 is 1.80 bits per heavy atom. The average molecular weight is 310 g/mol. The normalized spacial score (nSPS) is 10.7. The van der Waals surface area contributed by atoms with E-state index in [9.17, 15) is 0 Å². The second-order valence-electron chi connectivity index (χ2n) is 4.76. The third-order valence-corrected chi connectivity index (χ3v) is 3.48. The van der Waals surface area contributed by atoms with Crippen molar-refractivity contribution in [1.82, 2.24) is 0 Å². The monoisotopic (exact) mass is 309 g/mol. The molecule has 0 fully saturated rings. The van der Waals surface area contributed by atoms with Crippen molar-refractivity contribution in [1.29, 1.82) is 0 Å². The summed E-state index contributed by atoms with van der Waals surface area (Å²) < 4.78 is 5.79. The molecule has 0 aliphatic rings. The van der Waals surface area contributed by atoms with Gasteiger partial charge in [0.25, 0.3) is 0 Å². The lowest BCUT2D eigenvalue weighted by Crippen LogP contribution is -2.09. The van der Waals surface area contributed by atoms with E-state index in [0.29, 0.717) is 16.6 Å². The Morgan fingerprint density at radius 3 is 2.50 bits per heavy atom. The van der Waals surface area contributed by atoms with E-state index in [1.54, 1.807) is 6.07 Å². The van der Waals surface area contributed by atoms with E-state index in [1.807, 2.05) is 50.2 Å². The lowest BCUT2D eigenvalue weighted by atomic mass is 10.2. The molecule has 0 saturated carbocycles. The van der Waals surface area contributed by atoms with Crippen LogP contribution < -0.4 is 10.1 Å². The lowest BCUT2D eigenvalue weighted by Gasteiger charge is -2.15. The first-order valence-electron chi connectivity index (χ1n) is 6.49. The van der Waals surface area contributed by atoms with E-state index in [4.69, 9.17) is 27.9 Å². The molecular weight excluding hydrogens is 293 g/mol. The Morgan fingerprint density at radius 1 is 1.05 bits per heavy atom. The van der Waals surface area contributed by atoms with Crippen LogP contribution >= 0.6 is 23.2 Å². The zero-order chi connectivity index (χ0) is 14.5. The minimum Gasteiger partial charge on any atom is -0.491 e. The van der Waals surface area contributed by atoms with Gasteiger partial charge in [0, 0.05) is 17.8 Å². The van der Waals surface area contributed by atoms with Crippen LogP contribution in [0.15, 0.2) is 42.5 Å². The van der Waals surface area contributed by atoms with Crippen LogP contribution in [0.3, 0.4) is 0 Å². The third kappa shape index (κ3) is 4.06. The Bertz CT molecular complexity index is 584. The number of benzene rings is 2. The number of rotatable bonds is 5. The molecule has 0 aromatic heterocycles. The van der Waals surface area contributed by atoms with E-state index in [1.165, 1.54) is 0 Å². The largest absolute Gasteiger partial charge is 0.491 e. The van der Waals surface area contributed by atoms with Gasteiger partial charge in [-0.15, -0.1) is 0 Å². The molecule has 1 N–H and O–H groups in total. The molecule has 0 atom stereocenters. The molecule has 2 aromatic rings. The van der Waals surface area contributed by atoms with E-state index in [2.05, 4.69) is 5.32 Å². The van der Waals surface area contributed by atoms with Gasteiger partial charge in [0.2, 0.25) is 0 Å². The average Bonchev–Trinajstić information content (AvgIpc) is 2.41. The van der Waals surface area contributed by atoms with Crippen molar-refractivity contribution in [2.75, 3.05) is 5.32 Å². The SMILES string of the molecule is CC(C)Oc1ccccc1CNc1ccc(Cl)c(Cl)c1. The lowest BCUT2D eigenvalue weighted by molar-refractivity contribution is 0.240. The van der Waals surface area contributed by atoms with Crippen LogP contribution in [0.4, 0.5) is 5.69 Å². The molecule has 2 aromatic carbocycles. The van der Waals surface area contributed by atoms with E-state index >= 15 is 0 Å². The van der Waals surface area contributed by atoms with Crippen LogP contribution in [0, 0.1) is 0 Å². The smallest absolute Gasteiger partial charge is 0.124 e. The van der Waals surface area contributed by atoms with Gasteiger partial charge in [0.1, 0.15) is 5.75 Å². The van der Waals surface area contributed by atoms with Crippen LogP contribution in [0.25, 0.3) is 0 Å². The maximum Gasteiger partial charge on any atom is 0.124 e. The fourth-order valence-corrected chi connectivity index (χ4v) is 2.12. The summed E-state index contributed by atoms with van der Waals surface area (Å²) in [5.74, 6) is 0.898. The minimum atomic E-state index is 0.154. The Balaban J connectivity index is 2.08. The van der Waals surface area contributed by atoms with Gasteiger partial charge >= 0.3 is 0 Å². The first kappa shape index (κ1) is 15.0. The molecule has 106 valence electrons. The predicted molar refractivity (Wildman–Crippen MR) is 86.0 cm³/mol.